The van der Waals surface area contributed by atoms with Crippen molar-refractivity contribution in [2.75, 3.05) is 0 Å². The summed E-state index contributed by atoms with van der Waals surface area (Å²) >= 11 is 0. The van der Waals surface area contributed by atoms with Gasteiger partial charge >= 0.3 is 0 Å². The molecule has 0 aromatic heterocycles. The number of isocyanates is 1. The lowest BCUT2D eigenvalue weighted by atomic mass is 9.80. The van der Waals surface area contributed by atoms with Gasteiger partial charge in [0.05, 0.1) is 0 Å². The van der Waals surface area contributed by atoms with Crippen LogP contribution in [0.3, 0.4) is 0 Å². The van der Waals surface area contributed by atoms with Crippen LogP contribution in [0.2, 0.25) is 0 Å². The third kappa shape index (κ3) is 4.04. The highest BCUT2D eigenvalue weighted by Crippen LogP contribution is 2.27. The second kappa shape index (κ2) is 4.17. The fraction of sp³-hybridized carbons (Fsp3) is 0.778. The van der Waals surface area contributed by atoms with Gasteiger partial charge in [0.1, 0.15) is 0 Å². The molecule has 1 amide bonds. The number of carbonyl (C=O) groups is 1. The van der Waals surface area contributed by atoms with Crippen LogP contribution in [-0.4, -0.2) is 12.0 Å². The van der Waals surface area contributed by atoms with Gasteiger partial charge in [-0.3, -0.25) is 4.79 Å². The van der Waals surface area contributed by atoms with E-state index in [1.165, 1.54) is 6.08 Å². The van der Waals surface area contributed by atoms with E-state index in [0.29, 0.717) is 6.42 Å². The van der Waals surface area contributed by atoms with E-state index in [1.54, 1.807) is 0 Å². The Bertz CT molecular complexity index is 209. The van der Waals surface area contributed by atoms with Crippen molar-refractivity contribution >= 4 is 12.0 Å². The molecule has 3 nitrogen and oxygen atoms in total. The van der Waals surface area contributed by atoms with E-state index in [2.05, 4.69) is 25.8 Å². The Kier molecular flexibility index (Phi) is 3.84. The Balaban J connectivity index is 4.10. The van der Waals surface area contributed by atoms with Gasteiger partial charge in [0.25, 0.3) is 5.91 Å². The molecule has 0 radical (unpaired) electrons. The molecule has 0 aliphatic rings. The molecule has 0 fully saturated rings. The highest BCUT2D eigenvalue weighted by atomic mass is 16.2. The number of rotatable bonds is 2. The monoisotopic (exact) mass is 169 g/mol. The summed E-state index contributed by atoms with van der Waals surface area (Å²) in [6.45, 7) is 8.12. The molecule has 3 heteroatoms. The van der Waals surface area contributed by atoms with Gasteiger partial charge in [0.15, 0.2) is 0 Å². The van der Waals surface area contributed by atoms with Crippen molar-refractivity contribution in [3.8, 4) is 0 Å². The molecule has 0 heterocycles. The Hall–Kier alpha value is -0.950. The first-order valence-corrected chi connectivity index (χ1v) is 3.98. The van der Waals surface area contributed by atoms with E-state index in [0.717, 1.165) is 0 Å². The first kappa shape index (κ1) is 11.1. The van der Waals surface area contributed by atoms with Crippen molar-refractivity contribution in [3.63, 3.8) is 0 Å². The lowest BCUT2D eigenvalue weighted by Crippen LogP contribution is -2.19. The van der Waals surface area contributed by atoms with Crippen molar-refractivity contribution in [2.45, 2.75) is 34.1 Å². The molecule has 12 heavy (non-hydrogen) atoms. The molecule has 0 aromatic rings. The zero-order valence-electron chi connectivity index (χ0n) is 8.05. The third-order valence-electron chi connectivity index (χ3n) is 2.13. The highest BCUT2D eigenvalue weighted by molar-refractivity contribution is 5.81. The van der Waals surface area contributed by atoms with Crippen LogP contribution in [0.4, 0.5) is 0 Å². The van der Waals surface area contributed by atoms with Crippen LogP contribution in [0.1, 0.15) is 34.1 Å². The van der Waals surface area contributed by atoms with Crippen LogP contribution in [0, 0.1) is 11.3 Å². The van der Waals surface area contributed by atoms with Crippen LogP contribution in [-0.2, 0) is 9.59 Å². The molecule has 1 atom stereocenters. The molecular weight excluding hydrogens is 154 g/mol. The first-order chi connectivity index (χ1) is 5.38. The molecule has 1 unspecified atom stereocenters. The van der Waals surface area contributed by atoms with Gasteiger partial charge in [-0.25, -0.2) is 4.79 Å². The number of carbonyl (C=O) groups excluding carboxylic acids is 2. The van der Waals surface area contributed by atoms with Crippen molar-refractivity contribution in [1.82, 2.24) is 0 Å². The number of hydrogen-bond acceptors (Lipinski definition) is 2. The Morgan fingerprint density at radius 3 is 2.33 bits per heavy atom. The van der Waals surface area contributed by atoms with Crippen molar-refractivity contribution in [3.05, 3.63) is 0 Å². The minimum absolute atomic E-state index is 0.0774. The minimum atomic E-state index is -0.382. The Morgan fingerprint density at radius 2 is 2.00 bits per heavy atom. The molecule has 68 valence electrons. The minimum Gasteiger partial charge on any atom is -0.272 e. The van der Waals surface area contributed by atoms with E-state index in [4.69, 9.17) is 0 Å². The average molecular weight is 169 g/mol. The SMILES string of the molecule is CC(CC(=O)N=C=O)C(C)(C)C. The van der Waals surface area contributed by atoms with Gasteiger partial charge < -0.3 is 0 Å². The summed E-state index contributed by atoms with van der Waals surface area (Å²) in [5.41, 5.74) is 0.0774. The topological polar surface area (TPSA) is 46.5 Å². The number of nitrogens with zero attached hydrogens (tertiary/aromatic N) is 1. The van der Waals surface area contributed by atoms with Gasteiger partial charge in [-0.2, -0.15) is 0 Å². The van der Waals surface area contributed by atoms with E-state index < -0.39 is 0 Å². The Labute approximate surface area is 72.9 Å². The average Bonchev–Trinajstić information content (AvgIpc) is 1.85. The lowest BCUT2D eigenvalue weighted by molar-refractivity contribution is -0.119. The smallest absolute Gasteiger partial charge is 0.256 e. The van der Waals surface area contributed by atoms with Crippen molar-refractivity contribution in [1.29, 1.82) is 0 Å². The maximum absolute atomic E-state index is 10.9. The molecule has 0 rings (SSSR count). The second-order valence-corrected chi connectivity index (χ2v) is 4.07. The van der Waals surface area contributed by atoms with Gasteiger partial charge in [0, 0.05) is 6.42 Å². The van der Waals surface area contributed by atoms with E-state index in [9.17, 15) is 9.59 Å². The van der Waals surface area contributed by atoms with Crippen LogP contribution in [0.25, 0.3) is 0 Å². The van der Waals surface area contributed by atoms with Crippen molar-refractivity contribution in [2.24, 2.45) is 16.3 Å². The quantitative estimate of drug-likeness (QED) is 0.468. The first-order valence-electron chi connectivity index (χ1n) is 3.98. The predicted molar refractivity (Wildman–Crippen MR) is 46.4 cm³/mol. The zero-order valence-corrected chi connectivity index (χ0v) is 8.05. The summed E-state index contributed by atoms with van der Waals surface area (Å²) in [5, 5.41) is 0. The molecule has 0 bridgehead atoms. The molecule has 0 aliphatic carbocycles. The fourth-order valence-electron chi connectivity index (χ4n) is 0.665. The molecule has 0 saturated carbocycles. The normalized spacial score (nSPS) is 13.3. The second-order valence-electron chi connectivity index (χ2n) is 4.07. The van der Waals surface area contributed by atoms with Crippen LogP contribution >= 0.6 is 0 Å². The van der Waals surface area contributed by atoms with E-state index >= 15 is 0 Å². The molecule has 0 N–H and O–H groups in total. The number of hydrogen-bond donors (Lipinski definition) is 0. The van der Waals surface area contributed by atoms with Gasteiger partial charge in [-0.1, -0.05) is 27.7 Å². The highest BCUT2D eigenvalue weighted by Gasteiger charge is 2.22. The molecule has 0 aliphatic heterocycles. The summed E-state index contributed by atoms with van der Waals surface area (Å²) in [6.07, 6.45) is 1.57. The Morgan fingerprint density at radius 1 is 1.50 bits per heavy atom. The van der Waals surface area contributed by atoms with Gasteiger partial charge in [0.2, 0.25) is 6.08 Å². The predicted octanol–water partition coefficient (Wildman–Crippen LogP) is 1.92. The molecular formula is C9H15NO2. The van der Waals surface area contributed by atoms with Crippen LogP contribution in [0.15, 0.2) is 4.99 Å². The molecule has 0 aromatic carbocycles. The largest absolute Gasteiger partial charge is 0.272 e. The zero-order chi connectivity index (χ0) is 9.78. The van der Waals surface area contributed by atoms with Crippen molar-refractivity contribution < 1.29 is 9.59 Å². The van der Waals surface area contributed by atoms with Gasteiger partial charge in [-0.15, -0.1) is 4.99 Å². The summed E-state index contributed by atoms with van der Waals surface area (Å²) in [5.74, 6) is -0.158. The maximum atomic E-state index is 10.9. The summed E-state index contributed by atoms with van der Waals surface area (Å²) in [6, 6.07) is 0. The van der Waals surface area contributed by atoms with Gasteiger partial charge in [-0.05, 0) is 11.3 Å². The third-order valence-corrected chi connectivity index (χ3v) is 2.13. The lowest BCUT2D eigenvalue weighted by Gasteiger charge is -2.25. The van der Waals surface area contributed by atoms with E-state index in [1.807, 2.05) is 6.92 Å². The fourth-order valence-corrected chi connectivity index (χ4v) is 0.665. The van der Waals surface area contributed by atoms with E-state index in [-0.39, 0.29) is 17.2 Å². The molecule has 0 saturated heterocycles. The summed E-state index contributed by atoms with van der Waals surface area (Å²) in [7, 11) is 0. The summed E-state index contributed by atoms with van der Waals surface area (Å²) in [4.78, 5) is 23.6. The standard InChI is InChI=1S/C9H15NO2/c1-7(9(2,3)4)5-8(12)10-6-11/h7H,5H2,1-4H3. The molecule has 0 spiro atoms. The number of amides is 1. The maximum Gasteiger partial charge on any atom is 0.256 e. The summed E-state index contributed by atoms with van der Waals surface area (Å²) < 4.78 is 0. The van der Waals surface area contributed by atoms with Crippen LogP contribution in [0.5, 0.6) is 0 Å². The van der Waals surface area contributed by atoms with Crippen LogP contribution < -0.4 is 0 Å². The number of aliphatic imine (C=N–C) groups is 1.